The van der Waals surface area contributed by atoms with Crippen LogP contribution in [0.1, 0.15) is 40.2 Å². The Kier molecular flexibility index (Phi) is 6.59. The van der Waals surface area contributed by atoms with Crippen LogP contribution in [-0.2, 0) is 0 Å². The number of para-hydroxylation sites is 1. The van der Waals surface area contributed by atoms with Crippen LogP contribution in [0, 0.1) is 0 Å². The number of benzene rings is 1. The van der Waals surface area contributed by atoms with Crippen LogP contribution in [0.25, 0.3) is 6.08 Å². The van der Waals surface area contributed by atoms with Gasteiger partial charge in [0, 0.05) is 11.6 Å². The largest absolute Gasteiger partial charge is 0.493 e. The van der Waals surface area contributed by atoms with Crippen LogP contribution < -0.4 is 14.8 Å². The molecule has 20 heavy (non-hydrogen) atoms. The van der Waals surface area contributed by atoms with E-state index in [4.69, 9.17) is 9.47 Å². The zero-order valence-corrected chi connectivity index (χ0v) is 13.5. The average Bonchev–Trinajstić information content (AvgIpc) is 2.40. The summed E-state index contributed by atoms with van der Waals surface area (Å²) in [5.74, 6) is 1.59. The smallest absolute Gasteiger partial charge is 0.168 e. The van der Waals surface area contributed by atoms with E-state index in [-0.39, 0.29) is 6.10 Å². The SMILES string of the molecule is CCNC(C)/C(C)=C/c1cccc(OC)c1OC(C)C. The molecule has 1 aromatic rings. The van der Waals surface area contributed by atoms with Crippen LogP contribution in [0.3, 0.4) is 0 Å². The summed E-state index contributed by atoms with van der Waals surface area (Å²) in [5.41, 5.74) is 2.33. The first-order valence-electron chi connectivity index (χ1n) is 7.24. The van der Waals surface area contributed by atoms with Crippen molar-refractivity contribution in [2.24, 2.45) is 0 Å². The zero-order chi connectivity index (χ0) is 15.1. The molecule has 3 heteroatoms. The van der Waals surface area contributed by atoms with Crippen LogP contribution in [0.2, 0.25) is 0 Å². The van der Waals surface area contributed by atoms with Crippen molar-refractivity contribution in [2.45, 2.75) is 46.8 Å². The molecule has 1 N–H and O–H groups in total. The molecule has 0 radical (unpaired) electrons. The molecule has 0 heterocycles. The van der Waals surface area contributed by atoms with Crippen molar-refractivity contribution in [3.05, 3.63) is 29.3 Å². The molecule has 0 saturated carbocycles. The van der Waals surface area contributed by atoms with Gasteiger partial charge in [-0.1, -0.05) is 30.7 Å². The fourth-order valence-electron chi connectivity index (χ4n) is 2.01. The predicted octanol–water partition coefficient (Wildman–Crippen LogP) is 3.88. The van der Waals surface area contributed by atoms with Crippen molar-refractivity contribution in [3.8, 4) is 11.5 Å². The molecule has 0 aliphatic rings. The molecule has 1 rings (SSSR count). The van der Waals surface area contributed by atoms with E-state index >= 15 is 0 Å². The molecular weight excluding hydrogens is 250 g/mol. The average molecular weight is 277 g/mol. The van der Waals surface area contributed by atoms with Crippen molar-refractivity contribution < 1.29 is 9.47 Å². The topological polar surface area (TPSA) is 30.5 Å². The van der Waals surface area contributed by atoms with Crippen molar-refractivity contribution in [2.75, 3.05) is 13.7 Å². The molecular formula is C17H27NO2. The Morgan fingerprint density at radius 3 is 2.55 bits per heavy atom. The van der Waals surface area contributed by atoms with Gasteiger partial charge in [-0.2, -0.15) is 0 Å². The van der Waals surface area contributed by atoms with Gasteiger partial charge in [0.25, 0.3) is 0 Å². The molecule has 0 fully saturated rings. The Bertz CT molecular complexity index is 452. The highest BCUT2D eigenvalue weighted by atomic mass is 16.5. The Balaban J connectivity index is 3.13. The van der Waals surface area contributed by atoms with Crippen molar-refractivity contribution in [1.82, 2.24) is 5.32 Å². The molecule has 1 unspecified atom stereocenters. The number of likely N-dealkylation sites (N-methyl/N-ethyl adjacent to an activating group) is 1. The lowest BCUT2D eigenvalue weighted by molar-refractivity contribution is 0.229. The Hall–Kier alpha value is -1.48. The maximum atomic E-state index is 5.92. The molecule has 0 saturated heterocycles. The third kappa shape index (κ3) is 4.57. The molecule has 0 aliphatic heterocycles. The summed E-state index contributed by atoms with van der Waals surface area (Å²) >= 11 is 0. The van der Waals surface area contributed by atoms with Crippen molar-refractivity contribution in [1.29, 1.82) is 0 Å². The highest BCUT2D eigenvalue weighted by Gasteiger charge is 2.12. The van der Waals surface area contributed by atoms with Gasteiger partial charge >= 0.3 is 0 Å². The van der Waals surface area contributed by atoms with Gasteiger partial charge in [-0.3, -0.25) is 0 Å². The standard InChI is InChI=1S/C17H27NO2/c1-7-18-14(5)13(4)11-15-9-8-10-16(19-6)17(15)20-12(2)3/h8-12,14,18H,7H2,1-6H3/b13-11+. The van der Waals surface area contributed by atoms with Crippen molar-refractivity contribution >= 4 is 6.08 Å². The van der Waals surface area contributed by atoms with Crippen LogP contribution >= 0.6 is 0 Å². The second-order valence-electron chi connectivity index (χ2n) is 5.21. The highest BCUT2D eigenvalue weighted by molar-refractivity contribution is 5.64. The minimum Gasteiger partial charge on any atom is -0.493 e. The number of rotatable bonds is 7. The van der Waals surface area contributed by atoms with E-state index in [9.17, 15) is 0 Å². The zero-order valence-electron chi connectivity index (χ0n) is 13.5. The summed E-state index contributed by atoms with van der Waals surface area (Å²) in [6, 6.07) is 6.32. The molecule has 0 spiro atoms. The molecule has 1 aromatic carbocycles. The Morgan fingerprint density at radius 2 is 2.00 bits per heavy atom. The van der Waals surface area contributed by atoms with Gasteiger partial charge in [-0.25, -0.2) is 0 Å². The van der Waals surface area contributed by atoms with Gasteiger partial charge in [-0.05, 0) is 40.3 Å². The first-order chi connectivity index (χ1) is 9.49. The van der Waals surface area contributed by atoms with Crippen LogP contribution in [0.15, 0.2) is 23.8 Å². The Morgan fingerprint density at radius 1 is 1.30 bits per heavy atom. The molecule has 3 nitrogen and oxygen atoms in total. The quantitative estimate of drug-likeness (QED) is 0.820. The number of methoxy groups -OCH3 is 1. The number of ether oxygens (including phenoxy) is 2. The van der Waals surface area contributed by atoms with E-state index in [1.54, 1.807) is 7.11 Å². The molecule has 1 atom stereocenters. The number of hydrogen-bond donors (Lipinski definition) is 1. The second-order valence-corrected chi connectivity index (χ2v) is 5.21. The third-order valence-corrected chi connectivity index (χ3v) is 3.16. The minimum atomic E-state index is 0.116. The molecule has 0 bridgehead atoms. The van der Waals surface area contributed by atoms with Gasteiger partial charge in [0.15, 0.2) is 11.5 Å². The number of nitrogens with one attached hydrogen (secondary N) is 1. The lowest BCUT2D eigenvalue weighted by atomic mass is 10.1. The predicted molar refractivity (Wildman–Crippen MR) is 85.5 cm³/mol. The van der Waals surface area contributed by atoms with Gasteiger partial charge in [0.2, 0.25) is 0 Å². The molecule has 0 amide bonds. The normalized spacial score (nSPS) is 13.4. The van der Waals surface area contributed by atoms with Crippen LogP contribution in [0.5, 0.6) is 11.5 Å². The maximum absolute atomic E-state index is 5.92. The molecule has 0 aromatic heterocycles. The van der Waals surface area contributed by atoms with E-state index in [0.29, 0.717) is 6.04 Å². The monoisotopic (exact) mass is 277 g/mol. The van der Waals surface area contributed by atoms with Crippen LogP contribution in [-0.4, -0.2) is 25.8 Å². The van der Waals surface area contributed by atoms with Gasteiger partial charge in [0.05, 0.1) is 13.2 Å². The number of hydrogen-bond acceptors (Lipinski definition) is 3. The maximum Gasteiger partial charge on any atom is 0.168 e. The summed E-state index contributed by atoms with van der Waals surface area (Å²) < 4.78 is 11.3. The van der Waals surface area contributed by atoms with Crippen molar-refractivity contribution in [3.63, 3.8) is 0 Å². The lowest BCUT2D eigenvalue weighted by Crippen LogP contribution is -2.26. The highest BCUT2D eigenvalue weighted by Crippen LogP contribution is 2.33. The van der Waals surface area contributed by atoms with E-state index < -0.39 is 0 Å². The van der Waals surface area contributed by atoms with Gasteiger partial charge in [0.1, 0.15) is 0 Å². The first-order valence-corrected chi connectivity index (χ1v) is 7.24. The molecule has 0 aliphatic carbocycles. The van der Waals surface area contributed by atoms with E-state index in [1.165, 1.54) is 5.57 Å². The van der Waals surface area contributed by atoms with E-state index in [2.05, 4.69) is 38.2 Å². The molecule has 112 valence electrons. The fourth-order valence-corrected chi connectivity index (χ4v) is 2.01. The van der Waals surface area contributed by atoms with E-state index in [0.717, 1.165) is 23.6 Å². The van der Waals surface area contributed by atoms with Gasteiger partial charge < -0.3 is 14.8 Å². The third-order valence-electron chi connectivity index (χ3n) is 3.16. The van der Waals surface area contributed by atoms with Crippen LogP contribution in [0.4, 0.5) is 0 Å². The summed E-state index contributed by atoms with van der Waals surface area (Å²) in [4.78, 5) is 0. The van der Waals surface area contributed by atoms with Gasteiger partial charge in [-0.15, -0.1) is 0 Å². The summed E-state index contributed by atoms with van der Waals surface area (Å²) in [6.45, 7) is 11.4. The second kappa shape index (κ2) is 7.95. The minimum absolute atomic E-state index is 0.116. The van der Waals surface area contributed by atoms with E-state index in [1.807, 2.05) is 26.0 Å². The lowest BCUT2D eigenvalue weighted by Gasteiger charge is -2.18. The fraction of sp³-hybridized carbons (Fsp3) is 0.529. The first kappa shape index (κ1) is 16.6. The summed E-state index contributed by atoms with van der Waals surface area (Å²) in [6.07, 6.45) is 2.28. The summed E-state index contributed by atoms with van der Waals surface area (Å²) in [7, 11) is 1.67. The Labute approximate surface area is 123 Å². The summed E-state index contributed by atoms with van der Waals surface area (Å²) in [5, 5.41) is 3.41.